The number of nitrogens with one attached hydrogen (secondary N) is 1. The van der Waals surface area contributed by atoms with E-state index in [1.165, 1.54) is 24.0 Å². The number of aromatic nitrogens is 4. The monoisotopic (exact) mass is 475 g/mol. The van der Waals surface area contributed by atoms with Crippen LogP contribution >= 0.6 is 7.07 Å². The molecule has 0 bridgehead atoms. The maximum atomic E-state index is 15.4. The van der Waals surface area contributed by atoms with E-state index in [9.17, 15) is 9.90 Å². The highest BCUT2D eigenvalue weighted by atomic mass is 32.4. The number of aliphatic hydroxyl groups excluding tert-OH is 1. The molecule has 0 spiro atoms. The summed E-state index contributed by atoms with van der Waals surface area (Å²) in [6.07, 6.45) is -1.23. The number of carbonyl (C=O) groups is 1. The van der Waals surface area contributed by atoms with Gasteiger partial charge in [0, 0.05) is 0 Å². The molecule has 0 aliphatic carbocycles. The summed E-state index contributed by atoms with van der Waals surface area (Å²) in [6.45, 7) is 6.12. The maximum absolute atomic E-state index is 15.4. The minimum Gasteiger partial charge on any atom is -0.462 e. The molecule has 2 aromatic rings. The van der Waals surface area contributed by atoms with Gasteiger partial charge in [0.25, 0.3) is 0 Å². The van der Waals surface area contributed by atoms with Crippen LogP contribution in [0.15, 0.2) is 12.5 Å². The number of fused-ring (bicyclic) bond motifs is 1. The van der Waals surface area contributed by atoms with E-state index in [-0.39, 0.29) is 24.3 Å². The van der Waals surface area contributed by atoms with Crippen LogP contribution in [0, 0.1) is 0 Å². The Balaban J connectivity index is 1.65. The number of alkyl halides is 1. The second-order valence-corrected chi connectivity index (χ2v) is 9.63. The Morgan fingerprint density at radius 3 is 2.90 bits per heavy atom. The van der Waals surface area contributed by atoms with Crippen LogP contribution in [0.2, 0.25) is 0 Å². The summed E-state index contributed by atoms with van der Waals surface area (Å²) in [7, 11) is -1.67. The van der Waals surface area contributed by atoms with Gasteiger partial charge in [-0.25, -0.2) is 14.4 Å². The van der Waals surface area contributed by atoms with E-state index in [1.54, 1.807) is 20.8 Å². The lowest BCUT2D eigenvalue weighted by Gasteiger charge is -2.24. The predicted molar refractivity (Wildman–Crippen MR) is 113 cm³/mol. The number of ether oxygens (including phenoxy) is 2. The number of aliphatic hydroxyl groups is 1. The predicted octanol–water partition coefficient (Wildman–Crippen LogP) is 1.12. The normalized spacial score (nSPS) is 27.6. The summed E-state index contributed by atoms with van der Waals surface area (Å²) in [5.74, 6) is -0.459. The van der Waals surface area contributed by atoms with Crippen LogP contribution in [0.5, 0.6) is 0 Å². The Kier molecular flexibility index (Phi) is 7.14. The number of nitrogens with zero attached hydrogens (tertiary/aromatic N) is 4. The molecule has 0 aromatic carbocycles. The van der Waals surface area contributed by atoms with Crippen molar-refractivity contribution >= 4 is 42.0 Å². The quantitative estimate of drug-likeness (QED) is 0.373. The zero-order chi connectivity index (χ0) is 22.9. The third-order valence-electron chi connectivity index (χ3n) is 4.66. The smallest absolute Gasteiger partial charge is 0.440 e. The minimum absolute atomic E-state index is 0.00109. The van der Waals surface area contributed by atoms with Gasteiger partial charge in [0.1, 0.15) is 30.4 Å². The molecule has 1 saturated heterocycles. The molecule has 14 heteroatoms. The molecule has 0 radical (unpaired) electrons. The SMILES string of the molecule is CC(C)OC(=O)C(C)N[P+](=S)OCC1OC(n2cnc3cnc(N)nc32)C(C)(F)C1O. The van der Waals surface area contributed by atoms with Crippen LogP contribution in [-0.2, 0) is 30.6 Å². The van der Waals surface area contributed by atoms with Gasteiger partial charge in [0.15, 0.2) is 17.5 Å². The molecule has 1 aliphatic heterocycles. The molecule has 6 atom stereocenters. The maximum Gasteiger partial charge on any atom is 0.440 e. The summed E-state index contributed by atoms with van der Waals surface area (Å²) < 4.78 is 33.2. The molecular formula is C17H25FN6O5PS+. The first kappa shape index (κ1) is 23.8. The van der Waals surface area contributed by atoms with Gasteiger partial charge < -0.3 is 20.3 Å². The Morgan fingerprint density at radius 1 is 1.52 bits per heavy atom. The van der Waals surface area contributed by atoms with E-state index in [0.717, 1.165) is 0 Å². The van der Waals surface area contributed by atoms with Crippen molar-refractivity contribution in [3.05, 3.63) is 12.5 Å². The van der Waals surface area contributed by atoms with Crippen molar-refractivity contribution in [2.75, 3.05) is 12.3 Å². The van der Waals surface area contributed by atoms with E-state index in [1.807, 2.05) is 0 Å². The summed E-state index contributed by atoms with van der Waals surface area (Å²) in [4.78, 5) is 23.9. The van der Waals surface area contributed by atoms with Crippen molar-refractivity contribution in [2.45, 2.75) is 63.9 Å². The second-order valence-electron chi connectivity index (χ2n) is 7.60. The van der Waals surface area contributed by atoms with Gasteiger partial charge >= 0.3 is 13.0 Å². The highest BCUT2D eigenvalue weighted by molar-refractivity contribution is 8.02. The van der Waals surface area contributed by atoms with Gasteiger partial charge in [-0.05, 0) is 27.7 Å². The lowest BCUT2D eigenvalue weighted by Crippen LogP contribution is -2.40. The van der Waals surface area contributed by atoms with Gasteiger partial charge in [0.05, 0.1) is 18.6 Å². The van der Waals surface area contributed by atoms with E-state index in [2.05, 4.69) is 20.0 Å². The number of rotatable bonds is 8. The van der Waals surface area contributed by atoms with E-state index in [4.69, 9.17) is 31.5 Å². The Labute approximate surface area is 184 Å². The van der Waals surface area contributed by atoms with Gasteiger partial charge in [-0.15, -0.1) is 4.52 Å². The molecular weight excluding hydrogens is 450 g/mol. The summed E-state index contributed by atoms with van der Waals surface area (Å²) >= 11 is 5.21. The van der Waals surface area contributed by atoms with Crippen molar-refractivity contribution in [3.63, 3.8) is 0 Å². The van der Waals surface area contributed by atoms with Gasteiger partial charge in [0.2, 0.25) is 17.8 Å². The van der Waals surface area contributed by atoms with E-state index >= 15 is 4.39 Å². The molecule has 0 amide bonds. The zero-order valence-corrected chi connectivity index (χ0v) is 19.1. The van der Waals surface area contributed by atoms with Crippen molar-refractivity contribution in [1.82, 2.24) is 24.6 Å². The number of imidazole rings is 1. The lowest BCUT2D eigenvalue weighted by molar-refractivity contribution is -0.148. The fraction of sp³-hybridized carbons (Fsp3) is 0.647. The van der Waals surface area contributed by atoms with Crippen molar-refractivity contribution in [2.24, 2.45) is 0 Å². The van der Waals surface area contributed by atoms with Gasteiger partial charge in [-0.3, -0.25) is 9.36 Å². The molecule has 170 valence electrons. The van der Waals surface area contributed by atoms with Crippen LogP contribution in [0.25, 0.3) is 11.2 Å². The molecule has 2 aromatic heterocycles. The molecule has 3 heterocycles. The molecule has 6 unspecified atom stereocenters. The molecule has 4 N–H and O–H groups in total. The Bertz CT molecular complexity index is 976. The summed E-state index contributed by atoms with van der Waals surface area (Å²) in [5.41, 5.74) is 4.13. The van der Waals surface area contributed by atoms with Crippen LogP contribution in [0.1, 0.15) is 33.9 Å². The highest BCUT2D eigenvalue weighted by Crippen LogP contribution is 2.43. The first-order valence-electron chi connectivity index (χ1n) is 9.55. The standard InChI is InChI=1S/C17H25FN6O5PS/c1-8(2)28-14(26)9(3)23-30(31)27-6-11-12(25)17(4,18)15(29-11)24-7-21-10-5-20-16(19)22-13(10)24/h5,7-9,11-12,15,25H,6H2,1-4H3,(H,23,31)(H2,19,20,22)/q+1. The molecule has 1 fully saturated rings. The van der Waals surface area contributed by atoms with Crippen LogP contribution in [0.4, 0.5) is 10.3 Å². The second kappa shape index (κ2) is 9.31. The molecule has 0 saturated carbocycles. The Morgan fingerprint density at radius 2 is 2.23 bits per heavy atom. The van der Waals surface area contributed by atoms with Crippen LogP contribution in [0.3, 0.4) is 0 Å². The number of hydrogen-bond acceptors (Lipinski definition) is 10. The van der Waals surface area contributed by atoms with Crippen molar-refractivity contribution in [3.8, 4) is 0 Å². The van der Waals surface area contributed by atoms with E-state index in [0.29, 0.717) is 5.52 Å². The van der Waals surface area contributed by atoms with Crippen LogP contribution in [-0.4, -0.2) is 67.2 Å². The van der Waals surface area contributed by atoms with Crippen molar-refractivity contribution < 1.29 is 28.3 Å². The first-order chi connectivity index (χ1) is 14.5. The van der Waals surface area contributed by atoms with Gasteiger partial charge in [-0.2, -0.15) is 4.98 Å². The van der Waals surface area contributed by atoms with E-state index < -0.39 is 43.2 Å². The molecule has 3 rings (SSSR count). The third-order valence-corrected chi connectivity index (χ3v) is 6.28. The fourth-order valence-electron chi connectivity index (χ4n) is 3.09. The first-order valence-corrected chi connectivity index (χ1v) is 11.8. The van der Waals surface area contributed by atoms with Gasteiger partial charge in [-0.1, -0.05) is 5.09 Å². The molecule has 31 heavy (non-hydrogen) atoms. The average Bonchev–Trinajstić information content (AvgIpc) is 3.18. The summed E-state index contributed by atoms with van der Waals surface area (Å²) in [5, 5.41) is 13.3. The topological polar surface area (TPSA) is 147 Å². The number of hydrogen-bond donors (Lipinski definition) is 3. The molecule has 11 nitrogen and oxygen atoms in total. The lowest BCUT2D eigenvalue weighted by atomic mass is 9.98. The number of nitrogens with two attached hydrogens (primary N) is 1. The molecule has 1 aliphatic rings. The number of carbonyl (C=O) groups excluding carboxylic acids is 1. The number of esters is 1. The largest absolute Gasteiger partial charge is 0.462 e. The number of nitrogen functional groups attached to an aromatic ring is 1. The number of anilines is 1. The summed E-state index contributed by atoms with van der Waals surface area (Å²) in [6, 6.07) is -0.679. The average molecular weight is 475 g/mol. The third kappa shape index (κ3) is 5.13. The number of halogens is 1. The minimum atomic E-state index is -2.17. The van der Waals surface area contributed by atoms with Crippen molar-refractivity contribution in [1.29, 1.82) is 0 Å². The van der Waals surface area contributed by atoms with Crippen LogP contribution < -0.4 is 10.8 Å². The highest BCUT2D eigenvalue weighted by Gasteiger charge is 2.56. The Hall–Kier alpha value is -1.89. The zero-order valence-electron chi connectivity index (χ0n) is 17.4. The fourth-order valence-corrected chi connectivity index (χ4v) is 4.52.